The van der Waals surface area contributed by atoms with Crippen molar-refractivity contribution in [3.63, 3.8) is 0 Å². The van der Waals surface area contributed by atoms with E-state index in [-0.39, 0.29) is 34.7 Å². The van der Waals surface area contributed by atoms with Crippen LogP contribution in [0.15, 0.2) is 0 Å². The molecular formula is C8H21LiP2Si. The fourth-order valence-electron chi connectivity index (χ4n) is 1.74. The van der Waals surface area contributed by atoms with Crippen LogP contribution in [0, 0.1) is 5.02 Å². The fraction of sp³-hybridized carbons (Fsp3) is 0.875. The van der Waals surface area contributed by atoms with Crippen LogP contribution >= 0.6 is 15.8 Å². The Labute approximate surface area is 94.0 Å². The van der Waals surface area contributed by atoms with Gasteiger partial charge in [0.1, 0.15) is 0 Å². The first kappa shape index (κ1) is 16.1. The summed E-state index contributed by atoms with van der Waals surface area (Å²) in [6, 6.07) is 0. The Morgan fingerprint density at radius 2 is 1.08 bits per heavy atom. The van der Waals surface area contributed by atoms with Crippen molar-refractivity contribution in [1.29, 1.82) is 0 Å². The third kappa shape index (κ3) is 5.41. The molecule has 0 heterocycles. The average molecular weight is 214 g/mol. The molecule has 0 saturated carbocycles. The predicted octanol–water partition coefficient (Wildman–Crippen LogP) is 0.840. The van der Waals surface area contributed by atoms with Crippen LogP contribution in [0.2, 0.25) is 19.6 Å². The Hall–Kier alpha value is 1.67. The Kier molecular flexibility index (Phi) is 8.34. The Morgan fingerprint density at radius 3 is 1.08 bits per heavy atom. The zero-order valence-corrected chi connectivity index (χ0v) is 12.7. The summed E-state index contributed by atoms with van der Waals surface area (Å²) in [7, 11) is -0.507. The molecule has 0 rings (SSSR count). The van der Waals surface area contributed by atoms with Crippen molar-refractivity contribution < 1.29 is 18.9 Å². The first-order chi connectivity index (χ1) is 4.76. The maximum atomic E-state index is 2.48. The topological polar surface area (TPSA) is 0 Å². The van der Waals surface area contributed by atoms with Gasteiger partial charge in [-0.05, 0) is 0 Å². The summed E-state index contributed by atoms with van der Waals surface area (Å²) in [4.78, 5) is 0. The van der Waals surface area contributed by atoms with Crippen LogP contribution < -0.4 is 18.9 Å². The normalized spacial score (nSPS) is 12.5. The van der Waals surface area contributed by atoms with Crippen LogP contribution in [0.4, 0.5) is 0 Å². The monoisotopic (exact) mass is 214 g/mol. The van der Waals surface area contributed by atoms with Crippen molar-refractivity contribution >= 4 is 23.9 Å². The standard InChI is InChI=1S/C8H21P2Si.Li/c1-9(2)8(10(3)4)11(5,6)7;/h1-7H3;/q-1;+1. The van der Waals surface area contributed by atoms with E-state index in [9.17, 15) is 0 Å². The van der Waals surface area contributed by atoms with Crippen molar-refractivity contribution in [1.82, 2.24) is 0 Å². The second-order valence-corrected chi connectivity index (χ2v) is 15.0. The molecule has 0 amide bonds. The van der Waals surface area contributed by atoms with Crippen LogP contribution in [0.1, 0.15) is 0 Å². The van der Waals surface area contributed by atoms with Crippen molar-refractivity contribution in [3.05, 3.63) is 5.02 Å². The van der Waals surface area contributed by atoms with Crippen LogP contribution in [0.3, 0.4) is 0 Å². The van der Waals surface area contributed by atoms with E-state index in [0.717, 1.165) is 0 Å². The molecule has 4 heteroatoms. The van der Waals surface area contributed by atoms with Crippen LogP contribution in [0.5, 0.6) is 0 Å². The second-order valence-electron chi connectivity index (χ2n) is 4.36. The van der Waals surface area contributed by atoms with Gasteiger partial charge < -0.3 is 0 Å². The molecule has 0 nitrogen and oxygen atoms in total. The zero-order valence-electron chi connectivity index (χ0n) is 9.89. The summed E-state index contributed by atoms with van der Waals surface area (Å²) < 4.78 is 0. The Morgan fingerprint density at radius 1 is 0.833 bits per heavy atom. The van der Waals surface area contributed by atoms with Gasteiger partial charge in [-0.2, -0.15) is 0 Å². The maximum absolute atomic E-state index is 2.48. The van der Waals surface area contributed by atoms with E-state index in [4.69, 9.17) is 0 Å². The van der Waals surface area contributed by atoms with Crippen molar-refractivity contribution in [2.24, 2.45) is 0 Å². The molecule has 0 aliphatic heterocycles. The number of rotatable bonds is 3. The maximum Gasteiger partial charge on any atom is 1.00 e. The SMILES string of the molecule is CP(C)[C-](P(C)C)[Si](C)(C)C.[Li+]. The molecular weight excluding hydrogens is 193 g/mol. The summed E-state index contributed by atoms with van der Waals surface area (Å²) in [5.74, 6) is 0. The van der Waals surface area contributed by atoms with Crippen LogP contribution in [-0.4, -0.2) is 34.7 Å². The summed E-state index contributed by atoms with van der Waals surface area (Å²) in [5, 5.41) is 1.95. The van der Waals surface area contributed by atoms with E-state index in [1.54, 1.807) is 0 Å². The molecule has 0 bridgehead atoms. The van der Waals surface area contributed by atoms with Gasteiger partial charge in [0.05, 0.1) is 0 Å². The molecule has 0 aliphatic carbocycles. The van der Waals surface area contributed by atoms with Gasteiger partial charge >= 0.3 is 18.9 Å². The molecule has 0 unspecified atom stereocenters. The fourth-order valence-corrected chi connectivity index (χ4v) is 15.7. The molecule has 0 aromatic rings. The molecule has 0 spiro atoms. The van der Waals surface area contributed by atoms with E-state index in [0.29, 0.717) is 0 Å². The van der Waals surface area contributed by atoms with Crippen molar-refractivity contribution in [2.45, 2.75) is 19.6 Å². The summed E-state index contributed by atoms with van der Waals surface area (Å²) in [6.07, 6.45) is 0. The van der Waals surface area contributed by atoms with Gasteiger partial charge in [-0.3, -0.25) is 20.9 Å². The summed E-state index contributed by atoms with van der Waals surface area (Å²) in [6.45, 7) is 17.1. The van der Waals surface area contributed by atoms with Crippen molar-refractivity contribution in [2.75, 3.05) is 26.7 Å². The van der Waals surface area contributed by atoms with Gasteiger partial charge in [-0.1, -0.05) is 54.4 Å². The minimum atomic E-state index is -0.939. The van der Waals surface area contributed by atoms with Gasteiger partial charge in [0.15, 0.2) is 0 Å². The van der Waals surface area contributed by atoms with E-state index in [1.807, 2.05) is 5.02 Å². The molecule has 0 radical (unpaired) electrons. The molecule has 0 N–H and O–H groups in total. The van der Waals surface area contributed by atoms with Gasteiger partial charge in [0.25, 0.3) is 0 Å². The molecule has 0 aliphatic rings. The zero-order chi connectivity index (χ0) is 9.23. The molecule has 68 valence electrons. The average Bonchev–Trinajstić information content (AvgIpc) is 1.54. The Balaban J connectivity index is 0. The minimum Gasteiger partial charge on any atom is -0.268 e. The summed E-state index contributed by atoms with van der Waals surface area (Å²) >= 11 is 0. The molecule has 0 aromatic heterocycles. The van der Waals surface area contributed by atoms with Gasteiger partial charge in [0.2, 0.25) is 0 Å². The van der Waals surface area contributed by atoms with Crippen LogP contribution in [0.25, 0.3) is 0 Å². The molecule has 0 saturated heterocycles. The molecule has 12 heavy (non-hydrogen) atoms. The Bertz CT molecular complexity index is 113. The minimum absolute atomic E-state index is 0. The third-order valence-electron chi connectivity index (χ3n) is 1.52. The van der Waals surface area contributed by atoms with E-state index in [1.165, 1.54) is 0 Å². The number of hydrogen-bond donors (Lipinski definition) is 0. The first-order valence-electron chi connectivity index (χ1n) is 3.99. The van der Waals surface area contributed by atoms with E-state index in [2.05, 4.69) is 46.3 Å². The molecule has 0 aromatic carbocycles. The smallest absolute Gasteiger partial charge is 0.268 e. The largest absolute Gasteiger partial charge is 1.00 e. The van der Waals surface area contributed by atoms with Crippen LogP contribution in [-0.2, 0) is 0 Å². The molecule has 0 atom stereocenters. The van der Waals surface area contributed by atoms with E-state index < -0.39 is 8.07 Å². The molecule has 0 fully saturated rings. The number of hydrogen-bond acceptors (Lipinski definition) is 0. The van der Waals surface area contributed by atoms with Gasteiger partial charge in [-0.25, -0.2) is 0 Å². The van der Waals surface area contributed by atoms with Gasteiger partial charge in [-0.15, -0.1) is 0 Å². The van der Waals surface area contributed by atoms with Gasteiger partial charge in [0, 0.05) is 0 Å². The second kappa shape index (κ2) is 6.21. The first-order valence-corrected chi connectivity index (χ1v) is 12.0. The quantitative estimate of drug-likeness (QED) is 0.371. The predicted molar refractivity (Wildman–Crippen MR) is 64.1 cm³/mol. The summed E-state index contributed by atoms with van der Waals surface area (Å²) in [5.41, 5.74) is 0. The van der Waals surface area contributed by atoms with E-state index >= 15 is 0 Å². The van der Waals surface area contributed by atoms with Crippen molar-refractivity contribution in [3.8, 4) is 0 Å². The third-order valence-corrected chi connectivity index (χ3v) is 13.7.